The minimum absolute atomic E-state index is 0.508. The summed E-state index contributed by atoms with van der Waals surface area (Å²) in [6.45, 7) is 7.10. The highest BCUT2D eigenvalue weighted by Gasteiger charge is 2.48. The van der Waals surface area contributed by atoms with E-state index in [0.717, 1.165) is 26.4 Å². The van der Waals surface area contributed by atoms with Crippen LogP contribution in [-0.4, -0.2) is 50.0 Å². The number of fused-ring (bicyclic) bond motifs is 2. The maximum absolute atomic E-state index is 5.64. The Hall–Kier alpha value is -0.120. The Morgan fingerprint density at radius 1 is 1.25 bits per heavy atom. The second kappa shape index (κ2) is 4.28. The standard InChI is InChI=1S/C13H23NO2/c1-2-15-10-13(5-6-13)9-14-11-3-4-12(14)8-16-7-11/h11-12H,2-10H2,1H3. The fourth-order valence-corrected chi connectivity index (χ4v) is 3.20. The van der Waals surface area contributed by atoms with Gasteiger partial charge in [0.2, 0.25) is 0 Å². The van der Waals surface area contributed by atoms with Crippen LogP contribution >= 0.6 is 0 Å². The predicted octanol–water partition coefficient (Wildman–Crippen LogP) is 1.67. The van der Waals surface area contributed by atoms with Gasteiger partial charge in [0.25, 0.3) is 0 Å². The Kier molecular flexibility index (Phi) is 2.94. The molecule has 16 heavy (non-hydrogen) atoms. The Morgan fingerprint density at radius 3 is 2.50 bits per heavy atom. The fraction of sp³-hybridized carbons (Fsp3) is 1.00. The smallest absolute Gasteiger partial charge is 0.0622 e. The van der Waals surface area contributed by atoms with Gasteiger partial charge >= 0.3 is 0 Å². The molecule has 2 atom stereocenters. The maximum atomic E-state index is 5.64. The van der Waals surface area contributed by atoms with Crippen molar-refractivity contribution in [1.29, 1.82) is 0 Å². The van der Waals surface area contributed by atoms with Crippen LogP contribution in [0, 0.1) is 5.41 Å². The normalized spacial score (nSPS) is 36.6. The van der Waals surface area contributed by atoms with E-state index in [0.29, 0.717) is 17.5 Å². The maximum Gasteiger partial charge on any atom is 0.0622 e. The third kappa shape index (κ3) is 2.01. The van der Waals surface area contributed by atoms with E-state index in [1.807, 2.05) is 0 Å². The Bertz CT molecular complexity index is 236. The first kappa shape index (κ1) is 11.0. The van der Waals surface area contributed by atoms with Crippen LogP contribution in [0.2, 0.25) is 0 Å². The monoisotopic (exact) mass is 225 g/mol. The Labute approximate surface area is 98.1 Å². The summed E-state index contributed by atoms with van der Waals surface area (Å²) in [5.41, 5.74) is 0.508. The van der Waals surface area contributed by atoms with Crippen molar-refractivity contribution in [2.24, 2.45) is 5.41 Å². The van der Waals surface area contributed by atoms with E-state index >= 15 is 0 Å². The molecule has 0 aromatic carbocycles. The molecule has 0 aromatic heterocycles. The number of rotatable bonds is 5. The number of nitrogens with zero attached hydrogens (tertiary/aromatic N) is 1. The van der Waals surface area contributed by atoms with Gasteiger partial charge in [-0.1, -0.05) is 0 Å². The lowest BCUT2D eigenvalue weighted by Gasteiger charge is -2.37. The van der Waals surface area contributed by atoms with Crippen LogP contribution in [0.3, 0.4) is 0 Å². The molecule has 0 radical (unpaired) electrons. The Balaban J connectivity index is 1.58. The van der Waals surface area contributed by atoms with Gasteiger partial charge in [0, 0.05) is 30.7 Å². The van der Waals surface area contributed by atoms with Gasteiger partial charge in [0.1, 0.15) is 0 Å². The third-order valence-corrected chi connectivity index (χ3v) is 4.48. The molecule has 0 amide bonds. The SMILES string of the molecule is CCOCC1(CN2C3CCC2COC3)CC1. The highest BCUT2D eigenvalue weighted by atomic mass is 16.5. The second-order valence-electron chi connectivity index (χ2n) is 5.73. The van der Waals surface area contributed by atoms with Crippen LogP contribution in [0.5, 0.6) is 0 Å². The van der Waals surface area contributed by atoms with Crippen LogP contribution in [-0.2, 0) is 9.47 Å². The van der Waals surface area contributed by atoms with Gasteiger partial charge in [-0.15, -0.1) is 0 Å². The molecule has 3 heteroatoms. The highest BCUT2D eigenvalue weighted by Crippen LogP contribution is 2.48. The van der Waals surface area contributed by atoms with E-state index in [1.54, 1.807) is 0 Å². The summed E-state index contributed by atoms with van der Waals surface area (Å²) in [7, 11) is 0. The van der Waals surface area contributed by atoms with Gasteiger partial charge in [0.15, 0.2) is 0 Å². The van der Waals surface area contributed by atoms with E-state index in [1.165, 1.54) is 32.2 Å². The molecule has 2 heterocycles. The highest BCUT2D eigenvalue weighted by molar-refractivity contribution is 5.01. The van der Waals surface area contributed by atoms with Crippen molar-refractivity contribution in [3.8, 4) is 0 Å². The molecule has 0 spiro atoms. The van der Waals surface area contributed by atoms with Gasteiger partial charge in [-0.25, -0.2) is 0 Å². The summed E-state index contributed by atoms with van der Waals surface area (Å²) in [5, 5.41) is 0. The molecule has 3 nitrogen and oxygen atoms in total. The average Bonchev–Trinajstić information content (AvgIpc) is 3.02. The molecule has 3 rings (SSSR count). The lowest BCUT2D eigenvalue weighted by atomic mass is 10.1. The lowest BCUT2D eigenvalue weighted by molar-refractivity contribution is -0.0319. The van der Waals surface area contributed by atoms with Crippen molar-refractivity contribution < 1.29 is 9.47 Å². The van der Waals surface area contributed by atoms with Gasteiger partial charge in [-0.05, 0) is 32.6 Å². The van der Waals surface area contributed by atoms with Crippen molar-refractivity contribution in [2.75, 3.05) is 33.0 Å². The molecule has 0 aromatic rings. The summed E-state index contributed by atoms with van der Waals surface area (Å²) < 4.78 is 11.3. The minimum atomic E-state index is 0.508. The number of ether oxygens (including phenoxy) is 2. The first-order valence-electron chi connectivity index (χ1n) is 6.74. The van der Waals surface area contributed by atoms with Gasteiger partial charge < -0.3 is 9.47 Å². The molecule has 2 aliphatic heterocycles. The average molecular weight is 225 g/mol. The van der Waals surface area contributed by atoms with Crippen molar-refractivity contribution in [2.45, 2.75) is 44.7 Å². The van der Waals surface area contributed by atoms with Crippen molar-refractivity contribution in [3.63, 3.8) is 0 Å². The summed E-state index contributed by atoms with van der Waals surface area (Å²) in [5.74, 6) is 0. The topological polar surface area (TPSA) is 21.7 Å². The minimum Gasteiger partial charge on any atom is -0.381 e. The molecule has 2 unspecified atom stereocenters. The van der Waals surface area contributed by atoms with E-state index in [9.17, 15) is 0 Å². The van der Waals surface area contributed by atoms with Crippen LogP contribution in [0.1, 0.15) is 32.6 Å². The van der Waals surface area contributed by atoms with Gasteiger partial charge in [-0.3, -0.25) is 4.90 Å². The largest absolute Gasteiger partial charge is 0.381 e. The van der Waals surface area contributed by atoms with Crippen LogP contribution in [0.25, 0.3) is 0 Å². The quantitative estimate of drug-likeness (QED) is 0.710. The fourth-order valence-electron chi connectivity index (χ4n) is 3.20. The summed E-state index contributed by atoms with van der Waals surface area (Å²) >= 11 is 0. The number of hydrogen-bond acceptors (Lipinski definition) is 3. The van der Waals surface area contributed by atoms with Crippen molar-refractivity contribution in [3.05, 3.63) is 0 Å². The van der Waals surface area contributed by atoms with E-state index in [4.69, 9.17) is 9.47 Å². The lowest BCUT2D eigenvalue weighted by Crippen LogP contribution is -2.48. The molecule has 92 valence electrons. The van der Waals surface area contributed by atoms with E-state index < -0.39 is 0 Å². The summed E-state index contributed by atoms with van der Waals surface area (Å²) in [4.78, 5) is 2.72. The molecular weight excluding hydrogens is 202 g/mol. The zero-order chi connectivity index (χ0) is 11.0. The summed E-state index contributed by atoms with van der Waals surface area (Å²) in [6.07, 6.45) is 5.42. The van der Waals surface area contributed by atoms with Crippen molar-refractivity contribution in [1.82, 2.24) is 4.90 Å². The first-order valence-corrected chi connectivity index (χ1v) is 6.74. The molecule has 1 aliphatic carbocycles. The molecule has 1 saturated carbocycles. The molecule has 3 aliphatic rings. The van der Waals surface area contributed by atoms with Gasteiger partial charge in [0.05, 0.1) is 19.8 Å². The van der Waals surface area contributed by atoms with Crippen LogP contribution < -0.4 is 0 Å². The molecule has 2 bridgehead atoms. The second-order valence-corrected chi connectivity index (χ2v) is 5.73. The Morgan fingerprint density at radius 2 is 1.94 bits per heavy atom. The zero-order valence-corrected chi connectivity index (χ0v) is 10.3. The molecule has 0 N–H and O–H groups in total. The molecular formula is C13H23NO2. The van der Waals surface area contributed by atoms with Gasteiger partial charge in [-0.2, -0.15) is 0 Å². The van der Waals surface area contributed by atoms with Crippen LogP contribution in [0.4, 0.5) is 0 Å². The number of hydrogen-bond donors (Lipinski definition) is 0. The number of morpholine rings is 1. The van der Waals surface area contributed by atoms with E-state index in [2.05, 4.69) is 11.8 Å². The summed E-state index contributed by atoms with van der Waals surface area (Å²) in [6, 6.07) is 1.41. The molecule has 2 saturated heterocycles. The van der Waals surface area contributed by atoms with Crippen molar-refractivity contribution >= 4 is 0 Å². The van der Waals surface area contributed by atoms with E-state index in [-0.39, 0.29) is 0 Å². The van der Waals surface area contributed by atoms with Crippen LogP contribution in [0.15, 0.2) is 0 Å². The third-order valence-electron chi connectivity index (χ3n) is 4.48. The zero-order valence-electron chi connectivity index (χ0n) is 10.3. The first-order chi connectivity index (χ1) is 7.83. The molecule has 3 fully saturated rings. The predicted molar refractivity (Wildman–Crippen MR) is 62.5 cm³/mol.